The summed E-state index contributed by atoms with van der Waals surface area (Å²) in [6.45, 7) is 0. The van der Waals surface area contributed by atoms with Gasteiger partial charge < -0.3 is 10.1 Å². The van der Waals surface area contributed by atoms with Gasteiger partial charge in [-0.25, -0.2) is 9.10 Å². The molecule has 0 heterocycles. The maximum absolute atomic E-state index is 13.6. The Morgan fingerprint density at radius 3 is 2.03 bits per heavy atom. The fourth-order valence-electron chi connectivity index (χ4n) is 3.57. The Morgan fingerprint density at radius 2 is 1.42 bits per heavy atom. The fraction of sp³-hybridized carbons (Fsp3) is 0.0370. The molecule has 6 nitrogen and oxygen atoms in total. The Kier molecular flexibility index (Phi) is 8.05. The van der Waals surface area contributed by atoms with Gasteiger partial charge in [-0.2, -0.15) is 0 Å². The molecule has 0 atom stereocenters. The molecule has 1 N–H and O–H groups in total. The van der Waals surface area contributed by atoms with Crippen LogP contribution in [0.2, 0.25) is 10.0 Å². The molecule has 9 heteroatoms. The Hall–Kier alpha value is -3.65. The normalized spacial score (nSPS) is 10.4. The molecule has 0 aromatic heterocycles. The zero-order chi connectivity index (χ0) is 25.7. The summed E-state index contributed by atoms with van der Waals surface area (Å²) in [6, 6.07) is 27.4. The van der Waals surface area contributed by atoms with Gasteiger partial charge in [0.15, 0.2) is 0 Å². The molecule has 4 rings (SSSR count). The Labute approximate surface area is 224 Å². The number of hydrogen-bond acceptors (Lipinski definition) is 4. The molecule has 36 heavy (non-hydrogen) atoms. The summed E-state index contributed by atoms with van der Waals surface area (Å²) < 4.78 is 6.57. The maximum atomic E-state index is 13.6. The number of benzene rings is 4. The molecule has 0 saturated carbocycles. The van der Waals surface area contributed by atoms with E-state index < -0.39 is 6.03 Å². The third-order valence-electron chi connectivity index (χ3n) is 5.19. The second-order valence-corrected chi connectivity index (χ2v) is 8.87. The van der Waals surface area contributed by atoms with E-state index in [9.17, 15) is 9.59 Å². The molecular weight excluding hydrogens is 517 g/mol. The lowest BCUT2D eigenvalue weighted by Gasteiger charge is -2.26. The first kappa shape index (κ1) is 25.4. The highest BCUT2D eigenvalue weighted by atomic mass is 35.5. The molecule has 0 bridgehead atoms. The standard InChI is InChI=1S/C27H21Cl2N3O3S/c1-35-25-13-12-23(17-24(25)32(36)27(34)30-21-15-19(28)14-20(29)16-21)31(22-10-6-3-7-11-22)26(33)18-8-4-2-5-9-18/h2-17,36H,1H3,(H,30,34). The lowest BCUT2D eigenvalue weighted by molar-refractivity contribution is 0.0999. The molecule has 0 fully saturated rings. The summed E-state index contributed by atoms with van der Waals surface area (Å²) in [5.74, 6) is 0.148. The first-order valence-electron chi connectivity index (χ1n) is 10.8. The minimum atomic E-state index is -0.576. The monoisotopic (exact) mass is 537 g/mol. The van der Waals surface area contributed by atoms with Crippen LogP contribution in [0.25, 0.3) is 0 Å². The minimum absolute atomic E-state index is 0.235. The number of para-hydroxylation sites is 1. The van der Waals surface area contributed by atoms with Crippen LogP contribution in [-0.4, -0.2) is 19.0 Å². The number of amides is 3. The second kappa shape index (κ2) is 11.4. The van der Waals surface area contributed by atoms with Crippen LogP contribution in [0.3, 0.4) is 0 Å². The van der Waals surface area contributed by atoms with Gasteiger partial charge in [-0.1, -0.05) is 72.4 Å². The molecule has 0 unspecified atom stereocenters. The zero-order valence-electron chi connectivity index (χ0n) is 19.1. The van der Waals surface area contributed by atoms with Gasteiger partial charge in [0.05, 0.1) is 12.8 Å². The summed E-state index contributed by atoms with van der Waals surface area (Å²) in [5, 5.41) is 3.46. The quantitative estimate of drug-likeness (QED) is 0.246. The number of nitrogens with one attached hydrogen (secondary N) is 1. The highest BCUT2D eigenvalue weighted by molar-refractivity contribution is 7.82. The van der Waals surface area contributed by atoms with Crippen molar-refractivity contribution in [2.24, 2.45) is 0 Å². The van der Waals surface area contributed by atoms with Crippen LogP contribution < -0.4 is 19.3 Å². The number of urea groups is 1. The van der Waals surface area contributed by atoms with E-state index in [2.05, 4.69) is 18.1 Å². The predicted molar refractivity (Wildman–Crippen MR) is 149 cm³/mol. The van der Waals surface area contributed by atoms with Crippen LogP contribution in [0, 0.1) is 0 Å². The smallest absolute Gasteiger partial charge is 0.336 e. The van der Waals surface area contributed by atoms with Gasteiger partial charge >= 0.3 is 6.03 Å². The summed E-state index contributed by atoms with van der Waals surface area (Å²) >= 11 is 16.5. The van der Waals surface area contributed by atoms with Gasteiger partial charge in [-0.15, -0.1) is 0 Å². The molecule has 0 aliphatic carbocycles. The molecule has 0 spiro atoms. The van der Waals surface area contributed by atoms with E-state index in [0.717, 1.165) is 4.31 Å². The molecule has 0 saturated heterocycles. The minimum Gasteiger partial charge on any atom is -0.495 e. The average Bonchev–Trinajstić information content (AvgIpc) is 2.88. The van der Waals surface area contributed by atoms with E-state index in [-0.39, 0.29) is 5.91 Å². The molecule has 4 aromatic rings. The third-order valence-corrected chi connectivity index (χ3v) is 6.03. The van der Waals surface area contributed by atoms with Crippen LogP contribution in [0.15, 0.2) is 97.1 Å². The van der Waals surface area contributed by atoms with Gasteiger partial charge in [-0.05, 0) is 60.7 Å². The Bertz CT molecular complexity index is 1370. The van der Waals surface area contributed by atoms with E-state index >= 15 is 0 Å². The number of ether oxygens (including phenoxy) is 1. The molecule has 3 amide bonds. The topological polar surface area (TPSA) is 61.9 Å². The van der Waals surface area contributed by atoms with Crippen molar-refractivity contribution >= 4 is 70.7 Å². The van der Waals surface area contributed by atoms with Crippen molar-refractivity contribution < 1.29 is 14.3 Å². The van der Waals surface area contributed by atoms with E-state index in [1.165, 1.54) is 7.11 Å². The number of carbonyl (C=O) groups is 2. The molecular formula is C27H21Cl2N3O3S. The summed E-state index contributed by atoms with van der Waals surface area (Å²) in [7, 11) is 1.48. The number of thiol groups is 1. The molecule has 0 aliphatic rings. The van der Waals surface area contributed by atoms with E-state index in [0.29, 0.717) is 44.1 Å². The number of halogens is 2. The summed E-state index contributed by atoms with van der Waals surface area (Å²) in [6.07, 6.45) is 0. The van der Waals surface area contributed by atoms with Crippen molar-refractivity contribution in [2.45, 2.75) is 0 Å². The average molecular weight is 538 g/mol. The lowest BCUT2D eigenvalue weighted by Crippen LogP contribution is -2.28. The van der Waals surface area contributed by atoms with Gasteiger partial charge in [0.2, 0.25) is 0 Å². The second-order valence-electron chi connectivity index (χ2n) is 7.60. The van der Waals surface area contributed by atoms with E-state index in [1.807, 2.05) is 36.4 Å². The SMILES string of the molecule is COc1ccc(N(C(=O)c2ccccc2)c2ccccc2)cc1N(S)C(=O)Nc1cc(Cl)cc(Cl)c1. The number of hydrogen-bond donors (Lipinski definition) is 2. The van der Waals surface area contributed by atoms with Crippen LogP contribution >= 0.6 is 36.0 Å². The van der Waals surface area contributed by atoms with Crippen molar-refractivity contribution in [2.75, 3.05) is 21.6 Å². The first-order valence-corrected chi connectivity index (χ1v) is 11.9. The van der Waals surface area contributed by atoms with Crippen molar-refractivity contribution in [1.29, 1.82) is 0 Å². The van der Waals surface area contributed by atoms with Crippen LogP contribution in [-0.2, 0) is 0 Å². The zero-order valence-corrected chi connectivity index (χ0v) is 21.5. The highest BCUT2D eigenvalue weighted by Crippen LogP contribution is 2.37. The Morgan fingerprint density at radius 1 is 0.806 bits per heavy atom. The maximum Gasteiger partial charge on any atom is 0.336 e. The lowest BCUT2D eigenvalue weighted by atomic mass is 10.1. The van der Waals surface area contributed by atoms with Crippen LogP contribution in [0.4, 0.5) is 27.5 Å². The number of rotatable bonds is 6. The first-order chi connectivity index (χ1) is 17.4. The number of nitrogens with zero attached hydrogens (tertiary/aromatic N) is 2. The molecule has 0 radical (unpaired) electrons. The molecule has 182 valence electrons. The summed E-state index contributed by atoms with van der Waals surface area (Å²) in [4.78, 5) is 28.2. The van der Waals surface area contributed by atoms with Crippen LogP contribution in [0.1, 0.15) is 10.4 Å². The van der Waals surface area contributed by atoms with E-state index in [1.54, 1.807) is 65.6 Å². The van der Waals surface area contributed by atoms with Gasteiger partial charge in [0.25, 0.3) is 5.91 Å². The molecule has 4 aromatic carbocycles. The van der Waals surface area contributed by atoms with Crippen molar-refractivity contribution in [1.82, 2.24) is 0 Å². The van der Waals surface area contributed by atoms with Gasteiger partial charge in [-0.3, -0.25) is 9.69 Å². The molecule has 0 aliphatic heterocycles. The van der Waals surface area contributed by atoms with Crippen molar-refractivity contribution in [3.63, 3.8) is 0 Å². The highest BCUT2D eigenvalue weighted by Gasteiger charge is 2.24. The largest absolute Gasteiger partial charge is 0.495 e. The predicted octanol–water partition coefficient (Wildman–Crippen LogP) is 7.86. The third kappa shape index (κ3) is 5.76. The van der Waals surface area contributed by atoms with Crippen molar-refractivity contribution in [3.8, 4) is 5.75 Å². The number of anilines is 4. The number of carbonyl (C=O) groups excluding carboxylic acids is 2. The fourth-order valence-corrected chi connectivity index (χ4v) is 4.30. The number of methoxy groups -OCH3 is 1. The van der Waals surface area contributed by atoms with Gasteiger partial charge in [0, 0.05) is 27.0 Å². The Balaban J connectivity index is 1.73. The van der Waals surface area contributed by atoms with Gasteiger partial charge in [0.1, 0.15) is 11.4 Å². The van der Waals surface area contributed by atoms with Crippen molar-refractivity contribution in [3.05, 3.63) is 113 Å². The summed E-state index contributed by atoms with van der Waals surface area (Å²) in [5.41, 5.74) is 2.41. The van der Waals surface area contributed by atoms with E-state index in [4.69, 9.17) is 27.9 Å². The van der Waals surface area contributed by atoms with Crippen LogP contribution in [0.5, 0.6) is 5.75 Å².